The van der Waals surface area contributed by atoms with E-state index in [0.717, 1.165) is 37.1 Å². The van der Waals surface area contributed by atoms with Gasteiger partial charge in [0.05, 0.1) is 11.2 Å². The number of ether oxygens (including phenoxy) is 1. The topological polar surface area (TPSA) is 69.5 Å². The highest BCUT2D eigenvalue weighted by Crippen LogP contribution is 2.50. The Morgan fingerprint density at radius 2 is 2.00 bits per heavy atom. The largest absolute Gasteiger partial charge is 0.360 e. The number of hydrogen-bond donors (Lipinski definition) is 0. The van der Waals surface area contributed by atoms with Crippen molar-refractivity contribution in [2.45, 2.75) is 43.4 Å². The fourth-order valence-corrected chi connectivity index (χ4v) is 5.29. The van der Waals surface area contributed by atoms with Gasteiger partial charge in [0.15, 0.2) is 0 Å². The summed E-state index contributed by atoms with van der Waals surface area (Å²) in [6.07, 6.45) is 5.20. The predicted molar refractivity (Wildman–Crippen MR) is 116 cm³/mol. The molecule has 2 bridgehead atoms. The van der Waals surface area contributed by atoms with Crippen LogP contribution in [0.1, 0.15) is 36.8 Å². The van der Waals surface area contributed by atoms with E-state index in [1.165, 1.54) is 12.1 Å². The van der Waals surface area contributed by atoms with Crippen LogP contribution in [0.4, 0.5) is 10.2 Å². The Morgan fingerprint density at radius 1 is 1.26 bits per heavy atom. The highest BCUT2D eigenvalue weighted by Gasteiger charge is 2.47. The van der Waals surface area contributed by atoms with Crippen LogP contribution < -0.4 is 4.90 Å². The van der Waals surface area contributed by atoms with Crippen LogP contribution in [-0.4, -0.2) is 47.6 Å². The Kier molecular flexibility index (Phi) is 5.19. The summed E-state index contributed by atoms with van der Waals surface area (Å²) in [6, 6.07) is 11.0. The zero-order chi connectivity index (χ0) is 21.6. The van der Waals surface area contributed by atoms with Crippen molar-refractivity contribution < 1.29 is 13.9 Å². The second-order valence-corrected chi connectivity index (χ2v) is 9.46. The van der Waals surface area contributed by atoms with E-state index in [4.69, 9.17) is 10.00 Å². The third kappa shape index (κ3) is 3.92. The lowest BCUT2D eigenvalue weighted by atomic mass is 10.1. The van der Waals surface area contributed by atoms with Crippen molar-refractivity contribution in [1.82, 2.24) is 9.88 Å². The molecule has 0 spiro atoms. The van der Waals surface area contributed by atoms with Crippen molar-refractivity contribution in [1.29, 1.82) is 5.26 Å². The van der Waals surface area contributed by atoms with E-state index < -0.39 is 5.60 Å². The summed E-state index contributed by atoms with van der Waals surface area (Å²) in [7, 11) is 0. The number of amides is 1. The molecule has 6 nitrogen and oxygen atoms in total. The summed E-state index contributed by atoms with van der Waals surface area (Å²) >= 11 is 3.33. The Hall–Kier alpha value is -2.50. The van der Waals surface area contributed by atoms with Gasteiger partial charge in [-0.2, -0.15) is 5.26 Å². The van der Waals surface area contributed by atoms with Crippen LogP contribution in [0.2, 0.25) is 0 Å². The Morgan fingerprint density at radius 3 is 2.58 bits per heavy atom. The summed E-state index contributed by atoms with van der Waals surface area (Å²) in [4.78, 5) is 21.6. The standard InChI is InChI=1S/C23H22BrFN4O2/c24-17-7-16(8-18(25)9-17)23(5-6-23)31-14-22(30)28-12-19-2-3-20(13-28)29(19)21-4-1-15(10-26)11-27-21/h1,4,7-9,11,19-20H,2-3,5-6,12-14H2/t19-,20?/m0/s1. The average Bonchev–Trinajstić information content (AvgIpc) is 3.51. The Bertz CT molecular complexity index is 1020. The molecule has 0 radical (unpaired) electrons. The van der Waals surface area contributed by atoms with Crippen LogP contribution in [0.3, 0.4) is 0 Å². The molecule has 1 amide bonds. The molecule has 160 valence electrons. The molecule has 0 N–H and O–H groups in total. The third-order valence-electron chi connectivity index (χ3n) is 6.54. The minimum atomic E-state index is -0.548. The van der Waals surface area contributed by atoms with Gasteiger partial charge in [0.25, 0.3) is 0 Å². The van der Waals surface area contributed by atoms with Gasteiger partial charge in [0, 0.05) is 35.8 Å². The normalized spacial score (nSPS) is 23.5. The zero-order valence-electron chi connectivity index (χ0n) is 16.9. The number of nitrogens with zero attached hydrogens (tertiary/aromatic N) is 4. The number of halogens is 2. The minimum absolute atomic E-state index is 0.00267. The first-order valence-electron chi connectivity index (χ1n) is 10.5. The van der Waals surface area contributed by atoms with Gasteiger partial charge in [-0.25, -0.2) is 9.37 Å². The van der Waals surface area contributed by atoms with Gasteiger partial charge in [-0.15, -0.1) is 0 Å². The van der Waals surface area contributed by atoms with Crippen molar-refractivity contribution in [2.75, 3.05) is 24.6 Å². The summed E-state index contributed by atoms with van der Waals surface area (Å²) in [5.74, 6) is 0.532. The van der Waals surface area contributed by atoms with Gasteiger partial charge in [0.1, 0.15) is 24.3 Å². The van der Waals surface area contributed by atoms with Crippen LogP contribution in [0.25, 0.3) is 0 Å². The van der Waals surface area contributed by atoms with Gasteiger partial charge in [0.2, 0.25) is 5.91 Å². The number of likely N-dealkylation sites (tertiary alicyclic amines) is 1. The van der Waals surface area contributed by atoms with Gasteiger partial charge < -0.3 is 14.5 Å². The smallest absolute Gasteiger partial charge is 0.248 e. The summed E-state index contributed by atoms with van der Waals surface area (Å²) < 4.78 is 20.5. The predicted octanol–water partition coefficient (Wildman–Crippen LogP) is 3.74. The monoisotopic (exact) mass is 484 g/mol. The first-order valence-corrected chi connectivity index (χ1v) is 11.3. The van der Waals surface area contributed by atoms with Crippen molar-refractivity contribution in [3.63, 3.8) is 0 Å². The fourth-order valence-electron chi connectivity index (χ4n) is 4.82. The first kappa shape index (κ1) is 20.4. The van der Waals surface area contributed by atoms with E-state index in [2.05, 4.69) is 31.9 Å². The van der Waals surface area contributed by atoms with Crippen LogP contribution in [0.5, 0.6) is 0 Å². The van der Waals surface area contributed by atoms with Gasteiger partial charge in [-0.3, -0.25) is 4.79 Å². The molecule has 1 aromatic carbocycles. The molecular weight excluding hydrogens is 463 g/mol. The number of benzene rings is 1. The van der Waals surface area contributed by atoms with E-state index in [0.29, 0.717) is 23.1 Å². The highest BCUT2D eigenvalue weighted by molar-refractivity contribution is 9.10. The number of rotatable bonds is 5. The van der Waals surface area contributed by atoms with Crippen LogP contribution in [0, 0.1) is 17.1 Å². The van der Waals surface area contributed by atoms with Gasteiger partial charge in [-0.1, -0.05) is 15.9 Å². The summed E-state index contributed by atoms with van der Waals surface area (Å²) in [6.45, 7) is 1.28. The zero-order valence-corrected chi connectivity index (χ0v) is 18.5. The van der Waals surface area contributed by atoms with Crippen molar-refractivity contribution in [2.24, 2.45) is 0 Å². The second-order valence-electron chi connectivity index (χ2n) is 8.55. The molecule has 1 aromatic heterocycles. The van der Waals surface area contributed by atoms with E-state index >= 15 is 0 Å². The van der Waals surface area contributed by atoms with Crippen LogP contribution >= 0.6 is 15.9 Å². The second kappa shape index (κ2) is 7.88. The maximum Gasteiger partial charge on any atom is 0.248 e. The summed E-state index contributed by atoms with van der Waals surface area (Å²) in [5.41, 5.74) is 0.776. The molecular formula is C23H22BrFN4O2. The van der Waals surface area contributed by atoms with E-state index in [-0.39, 0.29) is 30.4 Å². The fraction of sp³-hybridized carbons (Fsp3) is 0.435. The molecule has 2 saturated heterocycles. The molecule has 3 aliphatic rings. The van der Waals surface area contributed by atoms with E-state index in [1.54, 1.807) is 12.3 Å². The molecule has 3 heterocycles. The maximum absolute atomic E-state index is 13.8. The van der Waals surface area contributed by atoms with E-state index in [1.807, 2.05) is 17.0 Å². The van der Waals surface area contributed by atoms with E-state index in [9.17, 15) is 9.18 Å². The number of anilines is 1. The van der Waals surface area contributed by atoms with Crippen molar-refractivity contribution >= 4 is 27.7 Å². The molecule has 5 rings (SSSR count). The lowest BCUT2D eigenvalue weighted by Crippen LogP contribution is -2.56. The molecule has 1 unspecified atom stereocenters. The number of carbonyl (C=O) groups excluding carboxylic acids is 1. The molecule has 2 aliphatic heterocycles. The molecule has 2 atom stereocenters. The highest BCUT2D eigenvalue weighted by atomic mass is 79.9. The molecule has 1 aliphatic carbocycles. The number of aromatic nitrogens is 1. The molecule has 8 heteroatoms. The third-order valence-corrected chi connectivity index (χ3v) is 7.00. The minimum Gasteiger partial charge on any atom is -0.360 e. The quantitative estimate of drug-likeness (QED) is 0.646. The number of pyridine rings is 1. The number of piperazine rings is 1. The SMILES string of the molecule is N#Cc1ccc(N2C3CC[C@H]2CN(C(=O)COC2(c4cc(F)cc(Br)c4)CC2)C3)nc1. The lowest BCUT2D eigenvalue weighted by Gasteiger charge is -2.41. The average molecular weight is 485 g/mol. The first-order chi connectivity index (χ1) is 15.0. The van der Waals surface area contributed by atoms with Gasteiger partial charge in [-0.05, 0) is 61.6 Å². The van der Waals surface area contributed by atoms with Gasteiger partial charge >= 0.3 is 0 Å². The van der Waals surface area contributed by atoms with Crippen LogP contribution in [-0.2, 0) is 15.1 Å². The molecule has 1 saturated carbocycles. The molecule has 2 aromatic rings. The number of carbonyl (C=O) groups is 1. The Labute approximate surface area is 188 Å². The van der Waals surface area contributed by atoms with Crippen molar-refractivity contribution in [3.05, 3.63) is 57.9 Å². The number of fused-ring (bicyclic) bond motifs is 2. The Balaban J connectivity index is 1.22. The van der Waals surface area contributed by atoms with Crippen molar-refractivity contribution in [3.8, 4) is 6.07 Å². The molecule has 31 heavy (non-hydrogen) atoms. The molecule has 3 fully saturated rings. The lowest BCUT2D eigenvalue weighted by molar-refractivity contribution is -0.140. The maximum atomic E-state index is 13.8. The summed E-state index contributed by atoms with van der Waals surface area (Å²) in [5, 5.41) is 8.98. The number of nitriles is 1. The number of hydrogen-bond acceptors (Lipinski definition) is 5. The van der Waals surface area contributed by atoms with Crippen LogP contribution in [0.15, 0.2) is 41.0 Å².